The van der Waals surface area contributed by atoms with Gasteiger partial charge < -0.3 is 19.4 Å². The van der Waals surface area contributed by atoms with Crippen LogP contribution in [0.25, 0.3) is 10.9 Å². The maximum absolute atomic E-state index is 13.0. The highest BCUT2D eigenvalue weighted by atomic mass is 19.1. The van der Waals surface area contributed by atoms with Crippen molar-refractivity contribution in [2.24, 2.45) is 0 Å². The molecule has 3 rings (SSSR count). The Hall–Kier alpha value is -3.02. The third-order valence-electron chi connectivity index (χ3n) is 4.14. The number of aromatic nitrogens is 1. The van der Waals surface area contributed by atoms with Gasteiger partial charge in [0.15, 0.2) is 0 Å². The van der Waals surface area contributed by atoms with Gasteiger partial charge >= 0.3 is 0 Å². The number of hydrogen-bond donors (Lipinski definition) is 1. The first-order chi connectivity index (χ1) is 12.0. The molecule has 0 spiro atoms. The summed E-state index contributed by atoms with van der Waals surface area (Å²) in [6.45, 7) is 1.80. The normalized spacial score (nSPS) is 12.0. The lowest BCUT2D eigenvalue weighted by Gasteiger charge is -2.16. The number of carbonyl (C=O) groups excluding carboxylic acids is 1. The van der Waals surface area contributed by atoms with Crippen LogP contribution in [-0.4, -0.2) is 24.7 Å². The SMILES string of the molecule is COc1cc(OC)c2ccn(C(C)C(=O)Nc3ccc(F)cc3)c2c1. The Morgan fingerprint density at radius 2 is 1.84 bits per heavy atom. The van der Waals surface area contributed by atoms with Crippen LogP contribution in [0.3, 0.4) is 0 Å². The van der Waals surface area contributed by atoms with Crippen molar-refractivity contribution in [1.29, 1.82) is 0 Å². The van der Waals surface area contributed by atoms with E-state index in [1.165, 1.54) is 24.3 Å². The summed E-state index contributed by atoms with van der Waals surface area (Å²) in [4.78, 5) is 12.6. The fourth-order valence-electron chi connectivity index (χ4n) is 2.73. The second-order valence-electron chi connectivity index (χ2n) is 5.66. The van der Waals surface area contributed by atoms with Gasteiger partial charge in [0.25, 0.3) is 0 Å². The molecule has 1 atom stereocenters. The van der Waals surface area contributed by atoms with Crippen molar-refractivity contribution in [2.45, 2.75) is 13.0 Å². The summed E-state index contributed by atoms with van der Waals surface area (Å²) in [5, 5.41) is 3.68. The van der Waals surface area contributed by atoms with E-state index >= 15 is 0 Å². The smallest absolute Gasteiger partial charge is 0.247 e. The standard InChI is InChI=1S/C19H19FN2O3/c1-12(19(23)21-14-6-4-13(20)5-7-14)22-9-8-16-17(22)10-15(24-2)11-18(16)25-3/h4-12H,1-3H3,(H,21,23). The Morgan fingerprint density at radius 1 is 1.12 bits per heavy atom. The molecule has 0 bridgehead atoms. The lowest BCUT2D eigenvalue weighted by molar-refractivity contribution is -0.118. The number of rotatable bonds is 5. The number of nitrogens with zero attached hydrogens (tertiary/aromatic N) is 1. The number of fused-ring (bicyclic) bond motifs is 1. The van der Waals surface area contributed by atoms with Crippen LogP contribution in [0.2, 0.25) is 0 Å². The van der Waals surface area contributed by atoms with Crippen LogP contribution >= 0.6 is 0 Å². The molecule has 25 heavy (non-hydrogen) atoms. The van der Waals surface area contributed by atoms with E-state index in [-0.39, 0.29) is 11.7 Å². The van der Waals surface area contributed by atoms with E-state index < -0.39 is 6.04 Å². The maximum Gasteiger partial charge on any atom is 0.247 e. The Morgan fingerprint density at radius 3 is 2.48 bits per heavy atom. The second-order valence-corrected chi connectivity index (χ2v) is 5.66. The largest absolute Gasteiger partial charge is 0.497 e. The number of benzene rings is 2. The maximum atomic E-state index is 13.0. The van der Waals surface area contributed by atoms with Crippen LogP contribution in [0.15, 0.2) is 48.7 Å². The first-order valence-electron chi connectivity index (χ1n) is 7.82. The van der Waals surface area contributed by atoms with Gasteiger partial charge in [-0.25, -0.2) is 4.39 Å². The average Bonchev–Trinajstić information content (AvgIpc) is 3.05. The van der Waals surface area contributed by atoms with Gasteiger partial charge in [-0.3, -0.25) is 4.79 Å². The third kappa shape index (κ3) is 3.28. The number of carbonyl (C=O) groups is 1. The fourth-order valence-corrected chi connectivity index (χ4v) is 2.73. The van der Waals surface area contributed by atoms with Gasteiger partial charge in [0.2, 0.25) is 5.91 Å². The van der Waals surface area contributed by atoms with E-state index in [1.54, 1.807) is 27.2 Å². The Bertz CT molecular complexity index is 903. The number of hydrogen-bond acceptors (Lipinski definition) is 3. The molecule has 0 saturated heterocycles. The molecule has 1 aromatic heterocycles. The predicted octanol–water partition coefficient (Wildman–Crippen LogP) is 4.00. The summed E-state index contributed by atoms with van der Waals surface area (Å²) in [5.74, 6) is 0.780. The van der Waals surface area contributed by atoms with E-state index in [9.17, 15) is 9.18 Å². The Kier molecular flexibility index (Phi) is 4.61. The van der Waals surface area contributed by atoms with E-state index in [2.05, 4.69) is 5.32 Å². The quantitative estimate of drug-likeness (QED) is 0.762. The summed E-state index contributed by atoms with van der Waals surface area (Å²) in [6.07, 6.45) is 1.83. The molecule has 130 valence electrons. The predicted molar refractivity (Wildman–Crippen MR) is 94.8 cm³/mol. The third-order valence-corrected chi connectivity index (χ3v) is 4.14. The van der Waals surface area contributed by atoms with E-state index in [0.717, 1.165) is 10.9 Å². The summed E-state index contributed by atoms with van der Waals surface area (Å²) in [5.41, 5.74) is 1.38. The lowest BCUT2D eigenvalue weighted by Crippen LogP contribution is -2.23. The molecule has 0 aliphatic heterocycles. The van der Waals surface area contributed by atoms with Crippen molar-refractivity contribution in [1.82, 2.24) is 4.57 Å². The molecular formula is C19H19FN2O3. The first kappa shape index (κ1) is 16.8. The topological polar surface area (TPSA) is 52.5 Å². The molecule has 5 nitrogen and oxygen atoms in total. The number of amides is 1. The van der Waals surface area contributed by atoms with E-state index in [0.29, 0.717) is 17.2 Å². The van der Waals surface area contributed by atoms with Crippen molar-refractivity contribution in [2.75, 3.05) is 19.5 Å². The molecule has 0 radical (unpaired) electrons. The fraction of sp³-hybridized carbons (Fsp3) is 0.211. The minimum atomic E-state index is -0.473. The van der Waals surface area contributed by atoms with Gasteiger partial charge in [-0.15, -0.1) is 0 Å². The molecule has 0 aliphatic rings. The van der Waals surface area contributed by atoms with Crippen LogP contribution in [0.1, 0.15) is 13.0 Å². The molecular weight excluding hydrogens is 323 g/mol. The molecule has 0 fully saturated rings. The van der Waals surface area contributed by atoms with Gasteiger partial charge in [-0.05, 0) is 37.3 Å². The average molecular weight is 342 g/mol. The van der Waals surface area contributed by atoms with Crippen LogP contribution in [-0.2, 0) is 4.79 Å². The minimum Gasteiger partial charge on any atom is -0.497 e. The molecule has 2 aromatic carbocycles. The van der Waals surface area contributed by atoms with Crippen LogP contribution in [0.5, 0.6) is 11.5 Å². The molecule has 1 unspecified atom stereocenters. The van der Waals surface area contributed by atoms with Gasteiger partial charge in [0.05, 0.1) is 19.7 Å². The zero-order chi connectivity index (χ0) is 18.0. The summed E-state index contributed by atoms with van der Waals surface area (Å²) >= 11 is 0. The summed E-state index contributed by atoms with van der Waals surface area (Å²) in [6, 6.07) is 10.8. The highest BCUT2D eigenvalue weighted by molar-refractivity contribution is 5.96. The van der Waals surface area contributed by atoms with Gasteiger partial charge in [0.1, 0.15) is 23.4 Å². The molecule has 0 saturated carbocycles. The van der Waals surface area contributed by atoms with Crippen LogP contribution in [0.4, 0.5) is 10.1 Å². The first-order valence-corrected chi connectivity index (χ1v) is 7.82. The van der Waals surface area contributed by atoms with Crippen molar-refractivity contribution < 1.29 is 18.7 Å². The molecule has 1 heterocycles. The van der Waals surface area contributed by atoms with Gasteiger partial charge in [-0.1, -0.05) is 0 Å². The zero-order valence-corrected chi connectivity index (χ0v) is 14.2. The van der Waals surface area contributed by atoms with Gasteiger partial charge in [-0.2, -0.15) is 0 Å². The van der Waals surface area contributed by atoms with E-state index in [1.807, 2.05) is 22.9 Å². The van der Waals surface area contributed by atoms with Crippen molar-refractivity contribution >= 4 is 22.5 Å². The monoisotopic (exact) mass is 342 g/mol. The number of halogens is 1. The van der Waals surface area contributed by atoms with Crippen molar-refractivity contribution in [3.63, 3.8) is 0 Å². The summed E-state index contributed by atoms with van der Waals surface area (Å²) in [7, 11) is 3.18. The second kappa shape index (κ2) is 6.84. The summed E-state index contributed by atoms with van der Waals surface area (Å²) < 4.78 is 25.5. The minimum absolute atomic E-state index is 0.203. The molecule has 1 N–H and O–H groups in total. The van der Waals surface area contributed by atoms with Crippen LogP contribution < -0.4 is 14.8 Å². The number of anilines is 1. The Balaban J connectivity index is 1.92. The number of ether oxygens (including phenoxy) is 2. The zero-order valence-electron chi connectivity index (χ0n) is 14.2. The lowest BCUT2D eigenvalue weighted by atomic mass is 10.2. The highest BCUT2D eigenvalue weighted by Crippen LogP contribution is 2.33. The van der Waals surface area contributed by atoms with Crippen molar-refractivity contribution in [3.05, 3.63) is 54.5 Å². The molecule has 1 amide bonds. The molecule has 0 aliphatic carbocycles. The van der Waals surface area contributed by atoms with Crippen molar-refractivity contribution in [3.8, 4) is 11.5 Å². The number of nitrogens with one attached hydrogen (secondary N) is 1. The number of methoxy groups -OCH3 is 2. The Labute approximate surface area is 145 Å². The van der Waals surface area contributed by atoms with E-state index in [4.69, 9.17) is 9.47 Å². The molecule has 3 aromatic rings. The highest BCUT2D eigenvalue weighted by Gasteiger charge is 2.19. The van der Waals surface area contributed by atoms with Gasteiger partial charge in [0, 0.05) is 29.4 Å². The van der Waals surface area contributed by atoms with Crippen LogP contribution in [0, 0.1) is 5.82 Å². The molecule has 6 heteroatoms.